The van der Waals surface area contributed by atoms with E-state index in [0.717, 1.165) is 19.5 Å². The number of hydrogen-bond donors (Lipinski definition) is 2. The fourth-order valence-corrected chi connectivity index (χ4v) is 3.43. The summed E-state index contributed by atoms with van der Waals surface area (Å²) in [4.78, 5) is 0. The van der Waals surface area contributed by atoms with Crippen LogP contribution in [0.5, 0.6) is 0 Å². The van der Waals surface area contributed by atoms with Crippen molar-refractivity contribution >= 4 is 0 Å². The molecule has 0 bridgehead atoms. The molecule has 2 atom stereocenters. The van der Waals surface area contributed by atoms with Crippen molar-refractivity contribution in [2.45, 2.75) is 44.8 Å². The number of aromatic nitrogens is 1. The Hall–Kier alpha value is -1.58. The largest absolute Gasteiger partial charge is 0.396 e. The zero-order valence-electron chi connectivity index (χ0n) is 13.1. The maximum absolute atomic E-state index is 9.48. The summed E-state index contributed by atoms with van der Waals surface area (Å²) < 4.78 is 2.23. The van der Waals surface area contributed by atoms with Crippen LogP contribution in [0, 0.1) is 5.92 Å². The monoisotopic (exact) mass is 298 g/mol. The van der Waals surface area contributed by atoms with Crippen LogP contribution in [0.15, 0.2) is 48.8 Å². The summed E-state index contributed by atoms with van der Waals surface area (Å²) in [5, 5.41) is 13.1. The van der Waals surface area contributed by atoms with Crippen molar-refractivity contribution < 1.29 is 5.11 Å². The number of benzene rings is 1. The van der Waals surface area contributed by atoms with Crippen molar-refractivity contribution in [2.24, 2.45) is 5.92 Å². The van der Waals surface area contributed by atoms with Crippen LogP contribution < -0.4 is 5.32 Å². The van der Waals surface area contributed by atoms with Gasteiger partial charge in [0.2, 0.25) is 0 Å². The highest BCUT2D eigenvalue weighted by molar-refractivity contribution is 5.17. The van der Waals surface area contributed by atoms with Crippen LogP contribution in [-0.4, -0.2) is 22.3 Å². The van der Waals surface area contributed by atoms with E-state index >= 15 is 0 Å². The van der Waals surface area contributed by atoms with E-state index in [1.807, 2.05) is 0 Å². The summed E-state index contributed by atoms with van der Waals surface area (Å²) in [6, 6.07) is 13.2. The Morgan fingerprint density at radius 1 is 1.05 bits per heavy atom. The summed E-state index contributed by atoms with van der Waals surface area (Å²) in [5.74, 6) is 0.431. The summed E-state index contributed by atoms with van der Waals surface area (Å²) in [5.41, 5.74) is 2.64. The molecule has 0 radical (unpaired) electrons. The van der Waals surface area contributed by atoms with Gasteiger partial charge in [-0.15, -0.1) is 0 Å². The van der Waals surface area contributed by atoms with Crippen LogP contribution >= 0.6 is 0 Å². The Labute approximate surface area is 133 Å². The molecule has 3 nitrogen and oxygen atoms in total. The fraction of sp³-hybridized carbons (Fsp3) is 0.474. The topological polar surface area (TPSA) is 37.2 Å². The second-order valence-corrected chi connectivity index (χ2v) is 6.39. The zero-order chi connectivity index (χ0) is 15.2. The third-order valence-corrected chi connectivity index (χ3v) is 4.73. The molecular formula is C19H26N2O. The van der Waals surface area contributed by atoms with E-state index < -0.39 is 0 Å². The lowest BCUT2D eigenvalue weighted by Crippen LogP contribution is -2.39. The molecule has 0 spiro atoms. The summed E-state index contributed by atoms with van der Waals surface area (Å²) in [7, 11) is 0. The molecule has 1 aliphatic carbocycles. The lowest BCUT2D eigenvalue weighted by molar-refractivity contribution is 0.152. The highest BCUT2D eigenvalue weighted by atomic mass is 16.3. The molecule has 1 fully saturated rings. The van der Waals surface area contributed by atoms with Gasteiger partial charge in [0, 0.05) is 38.1 Å². The Morgan fingerprint density at radius 3 is 2.68 bits per heavy atom. The molecule has 22 heavy (non-hydrogen) atoms. The van der Waals surface area contributed by atoms with Crippen molar-refractivity contribution in [3.8, 4) is 0 Å². The molecule has 1 aromatic carbocycles. The highest BCUT2D eigenvalue weighted by Gasteiger charge is 2.23. The predicted molar refractivity (Wildman–Crippen MR) is 89.6 cm³/mol. The molecular weight excluding hydrogens is 272 g/mol. The first-order chi connectivity index (χ1) is 10.8. The van der Waals surface area contributed by atoms with Crippen molar-refractivity contribution in [2.75, 3.05) is 6.61 Å². The van der Waals surface area contributed by atoms with Crippen LogP contribution in [0.3, 0.4) is 0 Å². The second-order valence-electron chi connectivity index (χ2n) is 6.39. The molecule has 0 amide bonds. The van der Waals surface area contributed by atoms with Crippen molar-refractivity contribution in [3.63, 3.8) is 0 Å². The van der Waals surface area contributed by atoms with Gasteiger partial charge in [-0.05, 0) is 36.0 Å². The molecule has 3 rings (SSSR count). The second kappa shape index (κ2) is 7.61. The number of aliphatic hydroxyl groups is 1. The Balaban J connectivity index is 1.53. The minimum Gasteiger partial charge on any atom is -0.396 e. The van der Waals surface area contributed by atoms with Crippen LogP contribution in [0.4, 0.5) is 0 Å². The average Bonchev–Trinajstić information content (AvgIpc) is 3.01. The van der Waals surface area contributed by atoms with Gasteiger partial charge in [-0.2, -0.15) is 0 Å². The van der Waals surface area contributed by atoms with E-state index in [4.69, 9.17) is 0 Å². The predicted octanol–water partition coefficient (Wildman–Crippen LogP) is 3.18. The summed E-state index contributed by atoms with van der Waals surface area (Å²) in [6.07, 6.45) is 9.25. The maximum atomic E-state index is 9.48. The minimum atomic E-state index is 0.312. The molecule has 1 aliphatic rings. The molecule has 2 N–H and O–H groups in total. The van der Waals surface area contributed by atoms with Gasteiger partial charge in [-0.1, -0.05) is 43.2 Å². The van der Waals surface area contributed by atoms with E-state index in [2.05, 4.69) is 58.7 Å². The van der Waals surface area contributed by atoms with E-state index in [1.54, 1.807) is 0 Å². The molecule has 1 aromatic heterocycles. The van der Waals surface area contributed by atoms with Gasteiger partial charge in [0.15, 0.2) is 0 Å². The van der Waals surface area contributed by atoms with E-state index in [0.29, 0.717) is 18.6 Å². The Morgan fingerprint density at radius 2 is 1.86 bits per heavy atom. The van der Waals surface area contributed by atoms with Crippen LogP contribution in [-0.2, 0) is 13.1 Å². The van der Waals surface area contributed by atoms with E-state index in [9.17, 15) is 5.11 Å². The first kappa shape index (κ1) is 15.3. The first-order valence-corrected chi connectivity index (χ1v) is 8.38. The van der Waals surface area contributed by atoms with Crippen LogP contribution in [0.1, 0.15) is 36.8 Å². The van der Waals surface area contributed by atoms with Crippen molar-refractivity contribution in [1.82, 2.24) is 9.88 Å². The van der Waals surface area contributed by atoms with Gasteiger partial charge in [0.1, 0.15) is 0 Å². The zero-order valence-corrected chi connectivity index (χ0v) is 13.1. The smallest absolute Gasteiger partial charge is 0.0474 e. The van der Waals surface area contributed by atoms with Gasteiger partial charge in [-0.25, -0.2) is 0 Å². The number of nitrogens with zero attached hydrogens (tertiary/aromatic N) is 1. The maximum Gasteiger partial charge on any atom is 0.0474 e. The highest BCUT2D eigenvalue weighted by Crippen LogP contribution is 2.24. The van der Waals surface area contributed by atoms with Gasteiger partial charge < -0.3 is 15.0 Å². The fourth-order valence-electron chi connectivity index (χ4n) is 3.43. The van der Waals surface area contributed by atoms with E-state index in [1.165, 1.54) is 30.4 Å². The summed E-state index contributed by atoms with van der Waals surface area (Å²) in [6.45, 7) is 2.12. The van der Waals surface area contributed by atoms with Crippen molar-refractivity contribution in [3.05, 3.63) is 59.9 Å². The molecule has 2 aromatic rings. The molecule has 0 aliphatic heterocycles. The number of nitrogens with one attached hydrogen (secondary N) is 1. The quantitative estimate of drug-likeness (QED) is 0.859. The number of aliphatic hydroxyl groups excluding tert-OH is 1. The molecule has 0 saturated heterocycles. The lowest BCUT2D eigenvalue weighted by atomic mass is 9.85. The molecule has 1 heterocycles. The molecule has 1 saturated carbocycles. The lowest BCUT2D eigenvalue weighted by Gasteiger charge is -2.31. The van der Waals surface area contributed by atoms with Gasteiger partial charge in [0.05, 0.1) is 0 Å². The Bertz CT molecular complexity index is 564. The molecule has 118 valence electrons. The average molecular weight is 298 g/mol. The standard InChI is InChI=1S/C19H26N2O/c22-15-18-8-4-5-9-19(18)20-12-17-10-11-21(14-17)13-16-6-2-1-3-7-16/h1-3,6-7,10-11,14,18-20,22H,4-5,8-9,12-13,15H2. The van der Waals surface area contributed by atoms with Gasteiger partial charge in [0.25, 0.3) is 0 Å². The van der Waals surface area contributed by atoms with Crippen LogP contribution in [0.25, 0.3) is 0 Å². The SMILES string of the molecule is OCC1CCCCC1NCc1ccn(Cc2ccccc2)c1. The number of rotatable bonds is 6. The molecule has 3 heteroatoms. The van der Waals surface area contributed by atoms with Crippen molar-refractivity contribution in [1.29, 1.82) is 0 Å². The third kappa shape index (κ3) is 3.99. The van der Waals surface area contributed by atoms with E-state index in [-0.39, 0.29) is 0 Å². The third-order valence-electron chi connectivity index (χ3n) is 4.73. The number of hydrogen-bond acceptors (Lipinski definition) is 2. The normalized spacial score (nSPS) is 21.9. The summed E-state index contributed by atoms with van der Waals surface area (Å²) >= 11 is 0. The van der Waals surface area contributed by atoms with Gasteiger partial charge in [-0.3, -0.25) is 0 Å². The first-order valence-electron chi connectivity index (χ1n) is 8.38. The van der Waals surface area contributed by atoms with Gasteiger partial charge >= 0.3 is 0 Å². The van der Waals surface area contributed by atoms with Crippen LogP contribution in [0.2, 0.25) is 0 Å². The Kier molecular flexibility index (Phi) is 5.30. The minimum absolute atomic E-state index is 0.312. The molecule has 2 unspecified atom stereocenters.